The van der Waals surface area contributed by atoms with E-state index in [9.17, 15) is 0 Å². The summed E-state index contributed by atoms with van der Waals surface area (Å²) in [5.74, 6) is 0. The molecule has 8 bridgehead atoms. The van der Waals surface area contributed by atoms with Crippen molar-refractivity contribution in [1.82, 2.24) is 0 Å². The lowest BCUT2D eigenvalue weighted by molar-refractivity contribution is 1.28. The first-order valence-corrected chi connectivity index (χ1v) is 25.4. The maximum absolute atomic E-state index is 2.36. The zero-order chi connectivity index (χ0) is 49.2. The molecule has 0 saturated carbocycles. The number of anilines is 6. The smallest absolute Gasteiger partial charge is 0.0462 e. The van der Waals surface area contributed by atoms with Gasteiger partial charge in [-0.15, -0.1) is 0 Å². The Bertz CT molecular complexity index is 3450. The average Bonchev–Trinajstić information content (AvgIpc) is 3.49. The van der Waals surface area contributed by atoms with Crippen LogP contribution in [0.2, 0.25) is 0 Å². The molecule has 74 heavy (non-hydrogen) atoms. The summed E-state index contributed by atoms with van der Waals surface area (Å²) in [4.78, 5) is 4.72. The fourth-order valence-corrected chi connectivity index (χ4v) is 10.6. The molecule has 0 saturated heterocycles. The first-order chi connectivity index (χ1) is 36.7. The number of hydrogen-bond acceptors (Lipinski definition) is 2. The fraction of sp³-hybridized carbons (Fsp3) is 0. The van der Waals surface area contributed by atoms with E-state index in [1.807, 2.05) is 0 Å². The first kappa shape index (κ1) is 44.2. The Morgan fingerprint density at radius 1 is 0.122 bits per heavy atom. The fourth-order valence-electron chi connectivity index (χ4n) is 10.6. The Morgan fingerprint density at radius 2 is 0.270 bits per heavy atom. The highest BCUT2D eigenvalue weighted by molar-refractivity contribution is 5.90. The summed E-state index contributed by atoms with van der Waals surface area (Å²) < 4.78 is 0. The van der Waals surface area contributed by atoms with Gasteiger partial charge >= 0.3 is 0 Å². The molecular weight excluding hydrogens is 893 g/mol. The van der Waals surface area contributed by atoms with Crippen molar-refractivity contribution in [3.63, 3.8) is 0 Å². The summed E-state index contributed by atoms with van der Waals surface area (Å²) in [5.41, 5.74) is 25.5. The number of nitrogens with zero attached hydrogens (tertiary/aromatic N) is 2. The molecule has 0 N–H and O–H groups in total. The zero-order valence-electron chi connectivity index (χ0n) is 40.8. The first-order valence-electron chi connectivity index (χ1n) is 25.4. The van der Waals surface area contributed by atoms with E-state index < -0.39 is 0 Å². The van der Waals surface area contributed by atoms with E-state index in [1.54, 1.807) is 0 Å². The van der Waals surface area contributed by atoms with Crippen LogP contribution in [0.15, 0.2) is 303 Å². The Kier molecular flexibility index (Phi) is 11.6. The van der Waals surface area contributed by atoms with E-state index >= 15 is 0 Å². The molecule has 0 amide bonds. The van der Waals surface area contributed by atoms with E-state index in [0.29, 0.717) is 0 Å². The van der Waals surface area contributed by atoms with Crippen LogP contribution in [0.25, 0.3) is 89.0 Å². The lowest BCUT2D eigenvalue weighted by Gasteiger charge is -2.27. The lowest BCUT2D eigenvalue weighted by atomic mass is 9.93. The predicted molar refractivity (Wildman–Crippen MR) is 313 cm³/mol. The molecule has 2 heteroatoms. The van der Waals surface area contributed by atoms with E-state index in [1.165, 1.54) is 66.8 Å². The van der Waals surface area contributed by atoms with Crippen LogP contribution >= 0.6 is 0 Å². The molecule has 19 rings (SSSR count). The van der Waals surface area contributed by atoms with E-state index in [-0.39, 0.29) is 0 Å². The second-order valence-electron chi connectivity index (χ2n) is 18.9. The topological polar surface area (TPSA) is 6.48 Å². The lowest BCUT2D eigenvalue weighted by Crippen LogP contribution is -2.10. The van der Waals surface area contributed by atoms with Gasteiger partial charge < -0.3 is 9.80 Å². The normalized spacial score (nSPS) is 11.7. The van der Waals surface area contributed by atoms with Crippen LogP contribution in [0.1, 0.15) is 0 Å². The standard InChI is InChI=1S/C72H50N2/c1-3-11-51(12-4-1)53-19-23-55(24-20-53)57-27-39-63(40-28-57)73-65-43-31-59(32-44-65)69-15-7-9-17-71(69)61-35-47-67(48-36-61)74(64-41-29-58(30-42-64)56-25-21-54(22-26-56)52-13-5-2-6-14-52)68-49-37-62(38-50-68)72-18-10-8-16-70(72)60-33-45-66(73)46-34-60/h1-50H. The Balaban J connectivity index is 0.880. The van der Waals surface area contributed by atoms with Crippen molar-refractivity contribution in [2.45, 2.75) is 0 Å². The van der Waals surface area contributed by atoms with Gasteiger partial charge in [-0.25, -0.2) is 0 Å². The third-order valence-electron chi connectivity index (χ3n) is 14.5. The number of benzene rings is 12. The molecule has 0 atom stereocenters. The molecule has 12 aromatic carbocycles. The van der Waals surface area contributed by atoms with Gasteiger partial charge in [0.2, 0.25) is 0 Å². The molecule has 7 aliphatic rings. The Morgan fingerprint density at radius 3 is 0.473 bits per heavy atom. The molecule has 348 valence electrons. The zero-order valence-corrected chi connectivity index (χ0v) is 40.8. The molecule has 7 aliphatic heterocycles. The minimum atomic E-state index is 1.08. The van der Waals surface area contributed by atoms with Crippen LogP contribution in [0.5, 0.6) is 0 Å². The molecule has 2 nitrogen and oxygen atoms in total. The molecule has 0 spiro atoms. The number of rotatable bonds is 6. The highest BCUT2D eigenvalue weighted by atomic mass is 15.1. The molecule has 0 aromatic heterocycles. The van der Waals surface area contributed by atoms with Crippen LogP contribution in [-0.2, 0) is 0 Å². The van der Waals surface area contributed by atoms with Crippen molar-refractivity contribution in [3.05, 3.63) is 303 Å². The largest absolute Gasteiger partial charge is 0.311 e. The van der Waals surface area contributed by atoms with Gasteiger partial charge in [0.15, 0.2) is 0 Å². The van der Waals surface area contributed by atoms with E-state index in [0.717, 1.165) is 56.4 Å². The van der Waals surface area contributed by atoms with Crippen LogP contribution in [0.3, 0.4) is 0 Å². The molecule has 12 aromatic rings. The van der Waals surface area contributed by atoms with Gasteiger partial charge in [-0.3, -0.25) is 0 Å². The van der Waals surface area contributed by atoms with Crippen LogP contribution < -0.4 is 9.80 Å². The van der Waals surface area contributed by atoms with Crippen molar-refractivity contribution >= 4 is 34.1 Å². The average molecular weight is 943 g/mol. The third kappa shape index (κ3) is 8.65. The van der Waals surface area contributed by atoms with Gasteiger partial charge in [0.05, 0.1) is 0 Å². The second-order valence-corrected chi connectivity index (χ2v) is 18.9. The monoisotopic (exact) mass is 942 g/mol. The van der Waals surface area contributed by atoms with Crippen molar-refractivity contribution in [2.24, 2.45) is 0 Å². The van der Waals surface area contributed by atoms with Crippen LogP contribution in [0, 0.1) is 0 Å². The molecule has 0 aliphatic carbocycles. The summed E-state index contributed by atoms with van der Waals surface area (Å²) in [7, 11) is 0. The van der Waals surface area contributed by atoms with E-state index in [2.05, 4.69) is 313 Å². The SMILES string of the molecule is c1ccc(-c2ccc(-c3ccc(N4c5ccc(cc5)-c5ccccc5-c5ccc(cc5)N(c5ccc(-c6ccc(-c7ccccc7)cc6)cc5)c5ccc(cc5)-c5ccccc5-c5ccc4cc5)cc3)cc2)cc1. The summed E-state index contributed by atoms with van der Waals surface area (Å²) in [6.45, 7) is 0. The van der Waals surface area contributed by atoms with Crippen molar-refractivity contribution in [3.8, 4) is 89.0 Å². The second kappa shape index (κ2) is 19.4. The quantitative estimate of drug-likeness (QED) is 0.164. The van der Waals surface area contributed by atoms with Gasteiger partial charge in [0, 0.05) is 34.1 Å². The maximum Gasteiger partial charge on any atom is 0.0462 e. The van der Waals surface area contributed by atoms with Gasteiger partial charge in [0.1, 0.15) is 0 Å². The van der Waals surface area contributed by atoms with Crippen molar-refractivity contribution in [2.75, 3.05) is 9.80 Å². The molecule has 0 fully saturated rings. The van der Waals surface area contributed by atoms with Gasteiger partial charge in [-0.05, 0) is 162 Å². The Labute approximate surface area is 434 Å². The molecule has 0 unspecified atom stereocenters. The highest BCUT2D eigenvalue weighted by Crippen LogP contribution is 2.43. The summed E-state index contributed by atoms with van der Waals surface area (Å²) in [6, 6.07) is 110. The maximum atomic E-state index is 2.36. The third-order valence-corrected chi connectivity index (χ3v) is 14.5. The van der Waals surface area contributed by atoms with Crippen LogP contribution in [0.4, 0.5) is 34.1 Å². The molecule has 7 heterocycles. The predicted octanol–water partition coefficient (Wildman–Crippen LogP) is 20.3. The van der Waals surface area contributed by atoms with Gasteiger partial charge in [-0.2, -0.15) is 0 Å². The molecular formula is C72H50N2. The van der Waals surface area contributed by atoms with Crippen molar-refractivity contribution in [1.29, 1.82) is 0 Å². The minimum Gasteiger partial charge on any atom is -0.311 e. The van der Waals surface area contributed by atoms with E-state index in [4.69, 9.17) is 0 Å². The highest BCUT2D eigenvalue weighted by Gasteiger charge is 2.19. The Hall–Kier alpha value is -9.76. The summed E-state index contributed by atoms with van der Waals surface area (Å²) >= 11 is 0. The summed E-state index contributed by atoms with van der Waals surface area (Å²) in [6.07, 6.45) is 0. The van der Waals surface area contributed by atoms with Crippen molar-refractivity contribution < 1.29 is 0 Å². The summed E-state index contributed by atoms with van der Waals surface area (Å²) in [5, 5.41) is 0. The molecule has 0 radical (unpaired) electrons. The van der Waals surface area contributed by atoms with Gasteiger partial charge in [-0.1, -0.05) is 231 Å². The van der Waals surface area contributed by atoms with Crippen LogP contribution in [-0.4, -0.2) is 0 Å². The minimum absolute atomic E-state index is 1.08. The number of hydrogen-bond donors (Lipinski definition) is 0. The van der Waals surface area contributed by atoms with Gasteiger partial charge in [0.25, 0.3) is 0 Å².